The summed E-state index contributed by atoms with van der Waals surface area (Å²) >= 11 is 6.38. The van der Waals surface area contributed by atoms with Crippen molar-refractivity contribution in [2.24, 2.45) is 5.92 Å². The average Bonchev–Trinajstić information content (AvgIpc) is 2.96. The number of benzene rings is 3. The molecule has 1 aliphatic heterocycles. The molecule has 0 saturated carbocycles. The smallest absolute Gasteiger partial charge is 0.417 e. The van der Waals surface area contributed by atoms with Gasteiger partial charge in [-0.2, -0.15) is 13.2 Å². The average molecular weight is 620 g/mol. The molecule has 2 heterocycles. The second kappa shape index (κ2) is 12.4. The molecule has 0 radical (unpaired) electrons. The van der Waals surface area contributed by atoms with Gasteiger partial charge in [0.1, 0.15) is 18.0 Å². The zero-order chi connectivity index (χ0) is 29.9. The van der Waals surface area contributed by atoms with Gasteiger partial charge in [-0.05, 0) is 80.9 Å². The number of nitrogens with one attached hydrogen (secondary N) is 1. The van der Waals surface area contributed by atoms with Crippen LogP contribution in [0.2, 0.25) is 5.02 Å². The van der Waals surface area contributed by atoms with Gasteiger partial charge >= 0.3 is 6.18 Å². The summed E-state index contributed by atoms with van der Waals surface area (Å²) in [5.41, 5.74) is -0.172. The molecule has 0 amide bonds. The first-order chi connectivity index (χ1) is 20.0. The first-order valence-corrected chi connectivity index (χ1v) is 15.2. The number of rotatable bonds is 9. The number of nitrogens with zero attached hydrogens (tertiary/aromatic N) is 2. The van der Waals surface area contributed by atoms with E-state index in [9.17, 15) is 21.6 Å². The van der Waals surface area contributed by atoms with Gasteiger partial charge in [-0.15, -0.1) is 0 Å². The van der Waals surface area contributed by atoms with Crippen LogP contribution in [0.25, 0.3) is 10.9 Å². The summed E-state index contributed by atoms with van der Waals surface area (Å²) in [6, 6.07) is 17.6. The molecule has 0 unspecified atom stereocenters. The van der Waals surface area contributed by atoms with E-state index in [0.717, 1.165) is 44.1 Å². The quantitative estimate of drug-likeness (QED) is 0.217. The molecule has 1 N–H and O–H groups in total. The molecular weight excluding hydrogens is 591 g/mol. The first kappa shape index (κ1) is 29.9. The Kier molecular flexibility index (Phi) is 8.81. The topological polar surface area (TPSA) is 80.8 Å². The van der Waals surface area contributed by atoms with Crippen LogP contribution < -0.4 is 14.2 Å². The van der Waals surface area contributed by atoms with Crippen molar-refractivity contribution < 1.29 is 31.1 Å². The summed E-state index contributed by atoms with van der Waals surface area (Å²) in [6.45, 7) is 2.54. The molecule has 5 rings (SSSR count). The summed E-state index contributed by atoms with van der Waals surface area (Å²) in [5, 5.41) is 1.02. The number of fused-ring (bicyclic) bond motifs is 1. The Morgan fingerprint density at radius 3 is 2.48 bits per heavy atom. The van der Waals surface area contributed by atoms with E-state index >= 15 is 0 Å². The van der Waals surface area contributed by atoms with Gasteiger partial charge in [0, 0.05) is 5.39 Å². The number of anilines is 1. The molecule has 0 aliphatic carbocycles. The molecule has 7 nitrogen and oxygen atoms in total. The Morgan fingerprint density at radius 1 is 1.00 bits per heavy atom. The van der Waals surface area contributed by atoms with Crippen molar-refractivity contribution in [3.05, 3.63) is 88.9 Å². The maximum atomic E-state index is 13.6. The molecule has 0 atom stereocenters. The highest BCUT2D eigenvalue weighted by molar-refractivity contribution is 7.92. The Morgan fingerprint density at radius 2 is 1.71 bits per heavy atom. The summed E-state index contributed by atoms with van der Waals surface area (Å²) in [5.74, 6) is 0.843. The maximum absolute atomic E-state index is 13.6. The summed E-state index contributed by atoms with van der Waals surface area (Å²) in [7, 11) is -2.57. The third-order valence-corrected chi connectivity index (χ3v) is 8.84. The number of halogens is 4. The largest absolute Gasteiger partial charge is 0.492 e. The van der Waals surface area contributed by atoms with Crippen molar-refractivity contribution in [3.63, 3.8) is 0 Å². The maximum Gasteiger partial charge on any atom is 0.417 e. The zero-order valence-electron chi connectivity index (χ0n) is 22.7. The first-order valence-electron chi connectivity index (χ1n) is 13.3. The van der Waals surface area contributed by atoms with Crippen LogP contribution >= 0.6 is 11.6 Å². The molecule has 1 fully saturated rings. The fourth-order valence-corrected chi connectivity index (χ4v) is 6.20. The molecule has 222 valence electrons. The van der Waals surface area contributed by atoms with Gasteiger partial charge in [-0.1, -0.05) is 48.0 Å². The van der Waals surface area contributed by atoms with Crippen molar-refractivity contribution in [3.8, 4) is 11.6 Å². The Bertz CT molecular complexity index is 1680. The van der Waals surface area contributed by atoms with Gasteiger partial charge in [0.15, 0.2) is 0 Å². The number of piperidine rings is 1. The molecule has 1 saturated heterocycles. The lowest BCUT2D eigenvalue weighted by molar-refractivity contribution is -0.139. The molecule has 1 aromatic heterocycles. The number of ether oxygens (including phenoxy) is 2. The van der Waals surface area contributed by atoms with E-state index < -0.39 is 26.7 Å². The number of aromatic nitrogens is 1. The van der Waals surface area contributed by atoms with E-state index in [1.807, 2.05) is 0 Å². The fourth-order valence-electron chi connectivity index (χ4n) is 4.75. The molecular formula is C30H29ClF3N3O4S. The van der Waals surface area contributed by atoms with Crippen LogP contribution in [0.5, 0.6) is 11.6 Å². The normalized spacial score (nSPS) is 15.1. The standard InChI is InChI=1S/C30H29ClF3N3O4S/c1-37-14-12-20(13-15-37)18-40-27-16-21(10-11-24(27)31)19-41-29-26(17-22-6-2-4-8-25(22)35-29)36-42(38,39)28-9-5-3-7-23(28)30(32,33)34/h2-11,16-17,20,36H,12-15,18-19H2,1H3. The van der Waals surface area contributed by atoms with Gasteiger partial charge in [0.2, 0.25) is 5.88 Å². The van der Waals surface area contributed by atoms with E-state index in [4.69, 9.17) is 21.1 Å². The fraction of sp³-hybridized carbons (Fsp3) is 0.300. The third-order valence-electron chi connectivity index (χ3n) is 7.10. The molecule has 0 spiro atoms. The molecule has 12 heteroatoms. The van der Waals surface area contributed by atoms with Gasteiger partial charge in [-0.3, -0.25) is 4.72 Å². The predicted octanol–water partition coefficient (Wildman–Crippen LogP) is 7.01. The van der Waals surface area contributed by atoms with Crippen LogP contribution in [-0.2, 0) is 22.8 Å². The molecule has 42 heavy (non-hydrogen) atoms. The highest BCUT2D eigenvalue weighted by atomic mass is 35.5. The second-order valence-electron chi connectivity index (χ2n) is 10.2. The van der Waals surface area contributed by atoms with Crippen molar-refractivity contribution >= 4 is 38.2 Å². The van der Waals surface area contributed by atoms with E-state index in [1.165, 1.54) is 12.1 Å². The van der Waals surface area contributed by atoms with Gasteiger partial charge in [-0.25, -0.2) is 13.4 Å². The lowest BCUT2D eigenvalue weighted by atomic mass is 9.98. The van der Waals surface area contributed by atoms with E-state index in [-0.39, 0.29) is 18.2 Å². The Hall–Kier alpha value is -3.54. The number of alkyl halides is 3. The highest BCUT2D eigenvalue weighted by Crippen LogP contribution is 2.36. The monoisotopic (exact) mass is 619 g/mol. The highest BCUT2D eigenvalue weighted by Gasteiger charge is 2.37. The van der Waals surface area contributed by atoms with Crippen LogP contribution in [-0.4, -0.2) is 45.0 Å². The Labute approximate surface area is 247 Å². The van der Waals surface area contributed by atoms with Crippen molar-refractivity contribution in [1.82, 2.24) is 9.88 Å². The third kappa shape index (κ3) is 7.08. The molecule has 3 aromatic carbocycles. The molecule has 0 bridgehead atoms. The van der Waals surface area contributed by atoms with Crippen LogP contribution in [0.15, 0.2) is 77.7 Å². The predicted molar refractivity (Wildman–Crippen MR) is 155 cm³/mol. The van der Waals surface area contributed by atoms with Crippen molar-refractivity contribution in [2.75, 3.05) is 31.5 Å². The van der Waals surface area contributed by atoms with Crippen molar-refractivity contribution in [1.29, 1.82) is 0 Å². The van der Waals surface area contributed by atoms with Gasteiger partial charge in [0.05, 0.1) is 27.6 Å². The van der Waals surface area contributed by atoms with Crippen molar-refractivity contribution in [2.45, 2.75) is 30.5 Å². The summed E-state index contributed by atoms with van der Waals surface area (Å²) < 4.78 is 81.5. The van der Waals surface area contributed by atoms with Gasteiger partial charge in [0.25, 0.3) is 10.0 Å². The lowest BCUT2D eigenvalue weighted by Crippen LogP contribution is -2.32. The van der Waals surface area contributed by atoms with Crippen LogP contribution in [0.4, 0.5) is 18.9 Å². The van der Waals surface area contributed by atoms with E-state index in [0.29, 0.717) is 39.8 Å². The lowest BCUT2D eigenvalue weighted by Gasteiger charge is -2.28. The van der Waals surface area contributed by atoms with Crippen LogP contribution in [0, 0.1) is 5.92 Å². The molecule has 1 aliphatic rings. The van der Waals surface area contributed by atoms with Crippen LogP contribution in [0.3, 0.4) is 0 Å². The number of para-hydroxylation sites is 1. The SMILES string of the molecule is CN1CCC(COc2cc(COc3nc4ccccc4cc3NS(=O)(=O)c3ccccc3C(F)(F)F)ccc2Cl)CC1. The number of sulfonamides is 1. The minimum absolute atomic E-state index is 0.0268. The molecule has 4 aromatic rings. The number of likely N-dealkylation sites (tertiary alicyclic amines) is 1. The van der Waals surface area contributed by atoms with Crippen LogP contribution in [0.1, 0.15) is 24.0 Å². The summed E-state index contributed by atoms with van der Waals surface area (Å²) in [4.78, 5) is 5.83. The van der Waals surface area contributed by atoms with Gasteiger partial charge < -0.3 is 14.4 Å². The Balaban J connectivity index is 1.38. The van der Waals surface area contributed by atoms with E-state index in [1.54, 1.807) is 42.5 Å². The number of hydrogen-bond acceptors (Lipinski definition) is 6. The zero-order valence-corrected chi connectivity index (χ0v) is 24.3. The second-order valence-corrected chi connectivity index (χ2v) is 12.3. The minimum atomic E-state index is -4.87. The number of pyridine rings is 1. The summed E-state index contributed by atoms with van der Waals surface area (Å²) in [6.07, 6.45) is -2.79. The van der Waals surface area contributed by atoms with E-state index in [2.05, 4.69) is 21.7 Å². The minimum Gasteiger partial charge on any atom is -0.492 e. The number of hydrogen-bond donors (Lipinski definition) is 1.